The van der Waals surface area contributed by atoms with E-state index in [9.17, 15) is 4.79 Å². The first-order chi connectivity index (χ1) is 8.01. The third-order valence-corrected chi connectivity index (χ3v) is 4.40. The fourth-order valence-corrected chi connectivity index (χ4v) is 3.71. The van der Waals surface area contributed by atoms with Crippen molar-refractivity contribution in [3.05, 3.63) is 12.2 Å². The highest BCUT2D eigenvalue weighted by Crippen LogP contribution is 2.56. The fourth-order valence-electron chi connectivity index (χ4n) is 3.71. The molecule has 0 radical (unpaired) electrons. The largest absolute Gasteiger partial charge is 0.299 e. The smallest absolute Gasteiger partial charge is 0.135 e. The number of hydrogen-bond acceptors (Lipinski definition) is 1. The van der Waals surface area contributed by atoms with Crippen LogP contribution in [-0.2, 0) is 4.79 Å². The van der Waals surface area contributed by atoms with E-state index < -0.39 is 0 Å². The number of carbonyl (C=O) groups excluding carboxylic acids is 1. The van der Waals surface area contributed by atoms with Crippen molar-refractivity contribution in [2.24, 2.45) is 16.2 Å². The lowest BCUT2D eigenvalue weighted by Crippen LogP contribution is -2.44. The summed E-state index contributed by atoms with van der Waals surface area (Å²) in [6.45, 7) is 20.9. The molecule has 1 aliphatic carbocycles. The van der Waals surface area contributed by atoms with E-state index in [-0.39, 0.29) is 16.2 Å². The van der Waals surface area contributed by atoms with E-state index in [4.69, 9.17) is 0 Å². The molecule has 0 heterocycles. The van der Waals surface area contributed by atoms with Crippen LogP contribution in [0.4, 0.5) is 0 Å². The van der Waals surface area contributed by atoms with Crippen molar-refractivity contribution >= 4 is 5.78 Å². The highest BCUT2D eigenvalue weighted by Gasteiger charge is 2.49. The maximum Gasteiger partial charge on any atom is 0.135 e. The molecule has 0 spiro atoms. The van der Waals surface area contributed by atoms with Crippen molar-refractivity contribution in [3.8, 4) is 0 Å². The molecular weight excluding hydrogens is 220 g/mol. The number of hydrogen-bond donors (Lipinski definition) is 0. The normalized spacial score (nSPS) is 34.2. The second-order valence-electron chi connectivity index (χ2n) is 7.15. The third-order valence-electron chi connectivity index (χ3n) is 4.40. The average molecular weight is 252 g/mol. The summed E-state index contributed by atoms with van der Waals surface area (Å²) in [5.41, 5.74) is 1.39. The number of carbonyl (C=O) groups is 1. The molecule has 1 saturated carbocycles. The average Bonchev–Trinajstić information content (AvgIpc) is 2.16. The van der Waals surface area contributed by atoms with Gasteiger partial charge < -0.3 is 0 Å². The zero-order chi connectivity index (χ0) is 14.8. The summed E-state index contributed by atoms with van der Waals surface area (Å²) in [7, 11) is 0. The van der Waals surface area contributed by atoms with Gasteiger partial charge in [-0.3, -0.25) is 4.79 Å². The van der Waals surface area contributed by atoms with Crippen molar-refractivity contribution in [2.45, 2.75) is 74.7 Å². The maximum absolute atomic E-state index is 11.9. The van der Waals surface area contributed by atoms with Gasteiger partial charge in [0.25, 0.3) is 0 Å². The van der Waals surface area contributed by atoms with E-state index in [2.05, 4.69) is 41.2 Å². The summed E-state index contributed by atoms with van der Waals surface area (Å²) in [5, 5.41) is 0. The van der Waals surface area contributed by atoms with Crippen LogP contribution in [0.15, 0.2) is 12.2 Å². The molecule has 0 saturated heterocycles. The molecule has 0 aromatic carbocycles. The van der Waals surface area contributed by atoms with E-state index in [0.717, 1.165) is 19.3 Å². The molecule has 2 unspecified atom stereocenters. The van der Waals surface area contributed by atoms with Gasteiger partial charge in [0.2, 0.25) is 0 Å². The molecular formula is C17H32O. The second-order valence-corrected chi connectivity index (χ2v) is 7.15. The van der Waals surface area contributed by atoms with Gasteiger partial charge in [0.05, 0.1) is 0 Å². The molecule has 0 aromatic rings. The van der Waals surface area contributed by atoms with Gasteiger partial charge in [0.1, 0.15) is 5.78 Å². The van der Waals surface area contributed by atoms with Crippen molar-refractivity contribution in [1.29, 1.82) is 0 Å². The Morgan fingerprint density at radius 1 is 0.889 bits per heavy atom. The Morgan fingerprint density at radius 3 is 1.61 bits per heavy atom. The van der Waals surface area contributed by atoms with E-state index >= 15 is 0 Å². The Morgan fingerprint density at radius 2 is 1.28 bits per heavy atom. The minimum absolute atomic E-state index is 0.113. The molecule has 1 aliphatic rings. The monoisotopic (exact) mass is 252 g/mol. The Balaban J connectivity index is 0.00000137. The first-order valence-corrected chi connectivity index (χ1v) is 7.18. The predicted octanol–water partition coefficient (Wildman–Crippen LogP) is 5.40. The Labute approximate surface area is 114 Å². The number of Topliss-reactive ketones (excluding diaryl/α,β-unsaturated/α-hetero) is 1. The number of allylic oxidation sites excluding steroid dienone is 1. The van der Waals surface area contributed by atoms with Crippen LogP contribution >= 0.6 is 0 Å². The summed E-state index contributed by atoms with van der Waals surface area (Å²) in [6, 6.07) is 0. The van der Waals surface area contributed by atoms with Crippen molar-refractivity contribution in [3.63, 3.8) is 0 Å². The van der Waals surface area contributed by atoms with Gasteiger partial charge in [-0.15, -0.1) is 0 Å². The van der Waals surface area contributed by atoms with E-state index in [1.165, 1.54) is 5.57 Å². The molecule has 1 fully saturated rings. The van der Waals surface area contributed by atoms with Crippen LogP contribution in [0, 0.1) is 16.2 Å². The summed E-state index contributed by atoms with van der Waals surface area (Å²) in [4.78, 5) is 11.9. The minimum atomic E-state index is -0.171. The quantitative estimate of drug-likeness (QED) is 0.601. The Hall–Kier alpha value is -0.590. The molecule has 1 nitrogen and oxygen atoms in total. The molecule has 0 bridgehead atoms. The van der Waals surface area contributed by atoms with Gasteiger partial charge >= 0.3 is 0 Å². The molecule has 0 N–H and O–H groups in total. The van der Waals surface area contributed by atoms with Crippen LogP contribution in [0.5, 0.6) is 0 Å². The van der Waals surface area contributed by atoms with E-state index in [1.54, 1.807) is 6.92 Å². The zero-order valence-corrected chi connectivity index (χ0v) is 13.7. The number of rotatable bonds is 2. The first kappa shape index (κ1) is 17.4. The van der Waals surface area contributed by atoms with E-state index in [1.807, 2.05) is 13.8 Å². The first-order valence-electron chi connectivity index (χ1n) is 7.18. The topological polar surface area (TPSA) is 17.1 Å². The predicted molar refractivity (Wildman–Crippen MR) is 80.7 cm³/mol. The van der Waals surface area contributed by atoms with Gasteiger partial charge in [-0.05, 0) is 43.9 Å². The van der Waals surface area contributed by atoms with Crippen LogP contribution < -0.4 is 0 Å². The molecule has 1 heteroatoms. The maximum atomic E-state index is 11.9. The standard InChI is InChI=1S/C15H26O.C2H6/c1-11(2)14(6)8-13(4,5)9-15(7,10-14)12(3)16;1-2/h1,8-10H2,2-7H3;1-2H3. The van der Waals surface area contributed by atoms with Crippen LogP contribution in [0.3, 0.4) is 0 Å². The molecule has 106 valence electrons. The highest BCUT2D eigenvalue weighted by atomic mass is 16.1. The highest BCUT2D eigenvalue weighted by molar-refractivity contribution is 5.82. The third kappa shape index (κ3) is 3.70. The van der Waals surface area contributed by atoms with E-state index in [0.29, 0.717) is 5.78 Å². The van der Waals surface area contributed by atoms with Gasteiger partial charge in [-0.1, -0.05) is 53.7 Å². The SMILES string of the molecule is C=C(C)C1(C)CC(C)(C)CC(C)(C(C)=O)C1.CC. The molecule has 1 rings (SSSR count). The summed E-state index contributed by atoms with van der Waals surface area (Å²) < 4.78 is 0. The minimum Gasteiger partial charge on any atom is -0.299 e. The van der Waals surface area contributed by atoms with Crippen molar-refractivity contribution in [1.82, 2.24) is 0 Å². The van der Waals surface area contributed by atoms with Gasteiger partial charge in [-0.2, -0.15) is 0 Å². The lowest BCUT2D eigenvalue weighted by Gasteiger charge is -2.51. The zero-order valence-electron chi connectivity index (χ0n) is 13.7. The lowest BCUT2D eigenvalue weighted by atomic mass is 9.52. The summed E-state index contributed by atoms with van der Waals surface area (Å²) in [6.07, 6.45) is 3.09. The van der Waals surface area contributed by atoms with Gasteiger partial charge in [0.15, 0.2) is 0 Å². The molecule has 0 amide bonds. The van der Waals surface area contributed by atoms with Crippen LogP contribution in [-0.4, -0.2) is 5.78 Å². The molecule has 2 atom stereocenters. The fraction of sp³-hybridized carbons (Fsp3) is 0.824. The van der Waals surface area contributed by atoms with Crippen molar-refractivity contribution < 1.29 is 4.79 Å². The molecule has 18 heavy (non-hydrogen) atoms. The summed E-state index contributed by atoms with van der Waals surface area (Å²) >= 11 is 0. The molecule has 0 aliphatic heterocycles. The van der Waals surface area contributed by atoms with Crippen molar-refractivity contribution in [2.75, 3.05) is 0 Å². The van der Waals surface area contributed by atoms with Crippen LogP contribution in [0.1, 0.15) is 74.7 Å². The lowest BCUT2D eigenvalue weighted by molar-refractivity contribution is -0.132. The second kappa shape index (κ2) is 5.59. The van der Waals surface area contributed by atoms with Gasteiger partial charge in [-0.25, -0.2) is 0 Å². The molecule has 0 aromatic heterocycles. The van der Waals surface area contributed by atoms with Crippen LogP contribution in [0.25, 0.3) is 0 Å². The van der Waals surface area contributed by atoms with Gasteiger partial charge in [0, 0.05) is 5.41 Å². The Kier molecular flexibility index (Phi) is 5.40. The summed E-state index contributed by atoms with van der Waals surface area (Å²) in [5.74, 6) is 0.327. The number of ketones is 1. The van der Waals surface area contributed by atoms with Crippen LogP contribution in [0.2, 0.25) is 0 Å². The Bertz CT molecular complexity index is 297.